The highest BCUT2D eigenvalue weighted by Gasteiger charge is 2.30. The summed E-state index contributed by atoms with van der Waals surface area (Å²) >= 11 is 7.60. The third-order valence-electron chi connectivity index (χ3n) is 4.61. The fourth-order valence-corrected chi connectivity index (χ4v) is 4.32. The van der Waals surface area contributed by atoms with E-state index in [9.17, 15) is 4.79 Å². The lowest BCUT2D eigenvalue weighted by molar-refractivity contribution is -0.118. The molecule has 1 aromatic carbocycles. The van der Waals surface area contributed by atoms with E-state index in [2.05, 4.69) is 31.1 Å². The van der Waals surface area contributed by atoms with Crippen LogP contribution >= 0.6 is 22.9 Å². The quantitative estimate of drug-likeness (QED) is 0.817. The third-order valence-corrected chi connectivity index (χ3v) is 5.95. The number of nitrogens with zero attached hydrogens (tertiary/aromatic N) is 1. The molecule has 25 heavy (non-hydrogen) atoms. The van der Waals surface area contributed by atoms with Gasteiger partial charge in [0.05, 0.1) is 10.7 Å². The predicted molar refractivity (Wildman–Crippen MR) is 103 cm³/mol. The second-order valence-corrected chi connectivity index (χ2v) is 8.95. The minimum atomic E-state index is -0.224. The fraction of sp³-hybridized carbons (Fsp3) is 0.474. The van der Waals surface area contributed by atoms with Crippen LogP contribution in [0.25, 0.3) is 0 Å². The SMILES string of the molecule is CC(C)(C)[C@H]1CCc2nc(NC(=O)COc3ccccc3Cl)sc2C1. The molecule has 134 valence electrons. The number of benzene rings is 1. The Bertz CT molecular complexity index is 767. The zero-order valence-corrected chi connectivity index (χ0v) is 16.3. The number of para-hydroxylation sites is 1. The minimum Gasteiger partial charge on any atom is -0.482 e. The number of ether oxygens (including phenoxy) is 1. The molecular formula is C19H23ClN2O2S. The van der Waals surface area contributed by atoms with Gasteiger partial charge in [-0.15, -0.1) is 11.3 Å². The standard InChI is InChI=1S/C19H23ClN2O2S/c1-19(2,3)12-8-9-14-16(10-12)25-18(21-14)22-17(23)11-24-15-7-5-4-6-13(15)20/h4-7,12H,8-11H2,1-3H3,(H,21,22,23)/t12-/m0/s1. The van der Waals surface area contributed by atoms with Crippen LogP contribution in [0, 0.1) is 11.3 Å². The Morgan fingerprint density at radius 3 is 2.88 bits per heavy atom. The average Bonchev–Trinajstić information content (AvgIpc) is 2.94. The van der Waals surface area contributed by atoms with Gasteiger partial charge in [-0.3, -0.25) is 10.1 Å². The van der Waals surface area contributed by atoms with E-state index in [1.54, 1.807) is 23.5 Å². The van der Waals surface area contributed by atoms with Gasteiger partial charge in [-0.2, -0.15) is 0 Å². The maximum Gasteiger partial charge on any atom is 0.264 e. The summed E-state index contributed by atoms with van der Waals surface area (Å²) in [6.07, 6.45) is 3.19. The molecule has 1 aliphatic rings. The van der Waals surface area contributed by atoms with E-state index in [4.69, 9.17) is 16.3 Å². The molecule has 3 rings (SSSR count). The molecule has 0 fully saturated rings. The monoisotopic (exact) mass is 378 g/mol. The van der Waals surface area contributed by atoms with Crippen LogP contribution in [0.2, 0.25) is 5.02 Å². The van der Waals surface area contributed by atoms with Gasteiger partial charge >= 0.3 is 0 Å². The van der Waals surface area contributed by atoms with Crippen molar-refractivity contribution in [1.29, 1.82) is 0 Å². The molecule has 0 bridgehead atoms. The van der Waals surface area contributed by atoms with Crippen molar-refractivity contribution in [3.05, 3.63) is 39.9 Å². The Balaban J connectivity index is 1.58. The highest BCUT2D eigenvalue weighted by molar-refractivity contribution is 7.15. The smallest absolute Gasteiger partial charge is 0.264 e. The van der Waals surface area contributed by atoms with E-state index < -0.39 is 0 Å². The summed E-state index contributed by atoms with van der Waals surface area (Å²) in [5.41, 5.74) is 1.43. The van der Waals surface area contributed by atoms with Crippen molar-refractivity contribution in [3.63, 3.8) is 0 Å². The fourth-order valence-electron chi connectivity index (χ4n) is 3.03. The zero-order chi connectivity index (χ0) is 18.0. The molecule has 4 nitrogen and oxygen atoms in total. The van der Waals surface area contributed by atoms with Crippen molar-refractivity contribution in [2.45, 2.75) is 40.0 Å². The van der Waals surface area contributed by atoms with Gasteiger partial charge in [-0.25, -0.2) is 4.98 Å². The van der Waals surface area contributed by atoms with Gasteiger partial charge in [0.2, 0.25) is 0 Å². The molecule has 0 radical (unpaired) electrons. The van der Waals surface area contributed by atoms with Crippen molar-refractivity contribution in [1.82, 2.24) is 4.98 Å². The molecule has 0 aliphatic heterocycles. The van der Waals surface area contributed by atoms with Gasteiger partial charge in [0.1, 0.15) is 5.75 Å². The number of rotatable bonds is 4. The van der Waals surface area contributed by atoms with Crippen LogP contribution in [0.15, 0.2) is 24.3 Å². The highest BCUT2D eigenvalue weighted by atomic mass is 35.5. The number of hydrogen-bond donors (Lipinski definition) is 1. The molecule has 2 aromatic rings. The maximum atomic E-state index is 12.1. The molecule has 1 atom stereocenters. The molecule has 1 aliphatic carbocycles. The van der Waals surface area contributed by atoms with Crippen LogP contribution in [0.4, 0.5) is 5.13 Å². The number of nitrogens with one attached hydrogen (secondary N) is 1. The molecule has 1 aromatic heterocycles. The van der Waals surface area contributed by atoms with Gasteiger partial charge in [-0.05, 0) is 42.7 Å². The topological polar surface area (TPSA) is 51.2 Å². The predicted octanol–water partition coefficient (Wildman–Crippen LogP) is 4.97. The Morgan fingerprint density at radius 2 is 2.16 bits per heavy atom. The van der Waals surface area contributed by atoms with E-state index in [1.165, 1.54) is 4.88 Å². The summed E-state index contributed by atoms with van der Waals surface area (Å²) in [6.45, 7) is 6.79. The summed E-state index contributed by atoms with van der Waals surface area (Å²) in [5.74, 6) is 0.941. The number of carbonyl (C=O) groups excluding carboxylic acids is 1. The van der Waals surface area contributed by atoms with E-state index >= 15 is 0 Å². The van der Waals surface area contributed by atoms with Gasteiger partial charge in [0.15, 0.2) is 11.7 Å². The number of amides is 1. The first-order valence-corrected chi connectivity index (χ1v) is 9.68. The number of carbonyl (C=O) groups is 1. The molecule has 1 N–H and O–H groups in total. The first-order valence-electron chi connectivity index (χ1n) is 8.48. The maximum absolute atomic E-state index is 12.1. The minimum absolute atomic E-state index is 0.0847. The second-order valence-electron chi connectivity index (χ2n) is 7.46. The van der Waals surface area contributed by atoms with Crippen molar-refractivity contribution in [3.8, 4) is 5.75 Å². The summed E-state index contributed by atoms with van der Waals surface area (Å²) in [5, 5.41) is 4.00. The van der Waals surface area contributed by atoms with Crippen molar-refractivity contribution < 1.29 is 9.53 Å². The Labute approximate surface area is 157 Å². The summed E-state index contributed by atoms with van der Waals surface area (Å²) in [7, 11) is 0. The number of anilines is 1. The van der Waals surface area contributed by atoms with E-state index in [-0.39, 0.29) is 12.5 Å². The first kappa shape index (κ1) is 18.2. The van der Waals surface area contributed by atoms with Gasteiger partial charge in [-0.1, -0.05) is 44.5 Å². The Kier molecular flexibility index (Phi) is 5.35. The van der Waals surface area contributed by atoms with E-state index in [0.717, 1.165) is 25.0 Å². The number of halogens is 1. The number of aryl methyl sites for hydroxylation is 1. The number of fused-ring (bicyclic) bond motifs is 1. The van der Waals surface area contributed by atoms with Gasteiger partial charge in [0, 0.05) is 4.88 Å². The number of hydrogen-bond acceptors (Lipinski definition) is 4. The van der Waals surface area contributed by atoms with Crippen molar-refractivity contribution in [2.24, 2.45) is 11.3 Å². The van der Waals surface area contributed by atoms with Crippen LogP contribution < -0.4 is 10.1 Å². The molecule has 0 unspecified atom stereocenters. The molecule has 1 heterocycles. The van der Waals surface area contributed by atoms with Crippen LogP contribution in [0.3, 0.4) is 0 Å². The highest BCUT2D eigenvalue weighted by Crippen LogP contribution is 2.40. The third kappa shape index (κ3) is 4.53. The second kappa shape index (κ2) is 7.34. The van der Waals surface area contributed by atoms with Crippen molar-refractivity contribution in [2.75, 3.05) is 11.9 Å². The van der Waals surface area contributed by atoms with E-state index in [1.807, 2.05) is 12.1 Å². The van der Waals surface area contributed by atoms with Gasteiger partial charge < -0.3 is 4.74 Å². The molecule has 0 spiro atoms. The lowest BCUT2D eigenvalue weighted by atomic mass is 9.73. The number of aromatic nitrogens is 1. The largest absolute Gasteiger partial charge is 0.482 e. The molecule has 1 amide bonds. The molecule has 6 heteroatoms. The summed E-state index contributed by atoms with van der Waals surface area (Å²) in [6, 6.07) is 7.11. The Hall–Kier alpha value is -1.59. The van der Waals surface area contributed by atoms with Crippen LogP contribution in [0.5, 0.6) is 5.75 Å². The zero-order valence-electron chi connectivity index (χ0n) is 14.8. The first-order chi connectivity index (χ1) is 11.8. The molecular weight excluding hydrogens is 356 g/mol. The van der Waals surface area contributed by atoms with Gasteiger partial charge in [0.25, 0.3) is 5.91 Å². The lowest BCUT2D eigenvalue weighted by Crippen LogP contribution is -2.26. The van der Waals surface area contributed by atoms with Crippen LogP contribution in [0.1, 0.15) is 37.8 Å². The Morgan fingerprint density at radius 1 is 1.40 bits per heavy atom. The summed E-state index contributed by atoms with van der Waals surface area (Å²) < 4.78 is 5.47. The van der Waals surface area contributed by atoms with Crippen LogP contribution in [-0.2, 0) is 17.6 Å². The van der Waals surface area contributed by atoms with E-state index in [0.29, 0.717) is 27.2 Å². The number of thiazole rings is 1. The summed E-state index contributed by atoms with van der Waals surface area (Å²) in [4.78, 5) is 18.0. The molecule has 0 saturated carbocycles. The lowest BCUT2D eigenvalue weighted by Gasteiger charge is -2.33. The van der Waals surface area contributed by atoms with Crippen LogP contribution in [-0.4, -0.2) is 17.5 Å². The van der Waals surface area contributed by atoms with Crippen molar-refractivity contribution >= 4 is 34.0 Å². The normalized spacial score (nSPS) is 17.0. The average molecular weight is 379 g/mol. The molecule has 0 saturated heterocycles.